The number of ether oxygens (including phenoxy) is 2. The molecule has 1 saturated heterocycles. The molecule has 2 amide bonds. The summed E-state index contributed by atoms with van der Waals surface area (Å²) in [5.74, 6) is -2.62. The van der Waals surface area contributed by atoms with E-state index in [0.717, 1.165) is 19.3 Å². The molecule has 0 bridgehead atoms. The van der Waals surface area contributed by atoms with Gasteiger partial charge in [-0.3, -0.25) is 19.2 Å². The standard InChI is InChI=1S/C27H30N2O7/c1-3-4-5-14-35-26(33)20-8-12-23(13-9-20)29-16-21(15-25(29)32)27(34)36-17-24(31)28-22-10-6-19(7-11-22)18(2)30/h6-13,21H,3-5,14-17H2,1-2H3,(H,28,31)/t21-/m0/s1. The highest BCUT2D eigenvalue weighted by molar-refractivity contribution is 6.00. The maximum atomic E-state index is 12.5. The molecule has 36 heavy (non-hydrogen) atoms. The summed E-state index contributed by atoms with van der Waals surface area (Å²) in [6, 6.07) is 12.8. The van der Waals surface area contributed by atoms with Crippen LogP contribution in [-0.2, 0) is 23.9 Å². The van der Waals surface area contributed by atoms with Gasteiger partial charge in [-0.15, -0.1) is 0 Å². The number of hydrogen-bond donors (Lipinski definition) is 1. The van der Waals surface area contributed by atoms with E-state index in [-0.39, 0.29) is 24.7 Å². The molecular weight excluding hydrogens is 464 g/mol. The van der Waals surface area contributed by atoms with Gasteiger partial charge in [0.1, 0.15) is 0 Å². The average molecular weight is 495 g/mol. The number of anilines is 2. The number of ketones is 1. The van der Waals surface area contributed by atoms with Crippen molar-refractivity contribution >= 4 is 40.9 Å². The second kappa shape index (κ2) is 12.6. The number of amides is 2. The number of nitrogens with one attached hydrogen (secondary N) is 1. The predicted octanol–water partition coefficient (Wildman–Crippen LogP) is 3.77. The number of unbranched alkanes of at least 4 members (excludes halogenated alkanes) is 2. The van der Waals surface area contributed by atoms with Crippen LogP contribution in [0.2, 0.25) is 0 Å². The maximum Gasteiger partial charge on any atom is 0.338 e. The highest BCUT2D eigenvalue weighted by Crippen LogP contribution is 2.26. The van der Waals surface area contributed by atoms with Gasteiger partial charge in [0.25, 0.3) is 5.91 Å². The summed E-state index contributed by atoms with van der Waals surface area (Å²) in [6.45, 7) is 3.51. The van der Waals surface area contributed by atoms with Crippen LogP contribution < -0.4 is 10.2 Å². The molecule has 0 unspecified atom stereocenters. The summed E-state index contributed by atoms with van der Waals surface area (Å²) < 4.78 is 10.4. The lowest BCUT2D eigenvalue weighted by molar-refractivity contribution is -0.151. The Morgan fingerprint density at radius 2 is 1.61 bits per heavy atom. The molecular formula is C27H30N2O7. The van der Waals surface area contributed by atoms with Crippen molar-refractivity contribution in [2.24, 2.45) is 5.92 Å². The van der Waals surface area contributed by atoms with Crippen molar-refractivity contribution in [1.29, 1.82) is 0 Å². The van der Waals surface area contributed by atoms with Crippen molar-refractivity contribution in [2.45, 2.75) is 39.5 Å². The Morgan fingerprint density at radius 3 is 2.25 bits per heavy atom. The molecule has 9 nitrogen and oxygen atoms in total. The third kappa shape index (κ3) is 7.24. The van der Waals surface area contributed by atoms with E-state index in [4.69, 9.17) is 9.47 Å². The van der Waals surface area contributed by atoms with E-state index in [9.17, 15) is 24.0 Å². The van der Waals surface area contributed by atoms with Crippen LogP contribution in [0.4, 0.5) is 11.4 Å². The van der Waals surface area contributed by atoms with Crippen LogP contribution in [0.15, 0.2) is 48.5 Å². The van der Waals surface area contributed by atoms with E-state index in [0.29, 0.717) is 29.1 Å². The lowest BCUT2D eigenvalue weighted by Gasteiger charge is -2.17. The summed E-state index contributed by atoms with van der Waals surface area (Å²) >= 11 is 0. The first-order valence-electron chi connectivity index (χ1n) is 11.9. The monoisotopic (exact) mass is 494 g/mol. The third-order valence-corrected chi connectivity index (χ3v) is 5.77. The normalized spacial score (nSPS) is 14.9. The molecule has 2 aromatic carbocycles. The first kappa shape index (κ1) is 26.6. The Bertz CT molecular complexity index is 1110. The predicted molar refractivity (Wildman–Crippen MR) is 133 cm³/mol. The minimum Gasteiger partial charge on any atom is -0.462 e. The van der Waals surface area contributed by atoms with E-state index >= 15 is 0 Å². The van der Waals surface area contributed by atoms with Crippen LogP contribution in [0.1, 0.15) is 60.2 Å². The first-order chi connectivity index (χ1) is 17.3. The van der Waals surface area contributed by atoms with Gasteiger partial charge in [-0.2, -0.15) is 0 Å². The fraction of sp³-hybridized carbons (Fsp3) is 0.370. The van der Waals surface area contributed by atoms with Crippen LogP contribution in [-0.4, -0.2) is 49.3 Å². The Balaban J connectivity index is 1.47. The van der Waals surface area contributed by atoms with Crippen LogP contribution in [0.5, 0.6) is 0 Å². The molecule has 0 spiro atoms. The van der Waals surface area contributed by atoms with Crippen molar-refractivity contribution in [1.82, 2.24) is 0 Å². The molecule has 1 aliphatic heterocycles. The average Bonchev–Trinajstić information content (AvgIpc) is 3.27. The van der Waals surface area contributed by atoms with Gasteiger partial charge in [-0.05, 0) is 61.9 Å². The van der Waals surface area contributed by atoms with Crippen LogP contribution in [0, 0.1) is 5.92 Å². The molecule has 1 aliphatic rings. The van der Waals surface area contributed by atoms with Crippen molar-refractivity contribution in [3.63, 3.8) is 0 Å². The van der Waals surface area contributed by atoms with Gasteiger partial charge in [0, 0.05) is 29.9 Å². The number of Topliss-reactive ketones (excluding diaryl/α,β-unsaturated/α-hetero) is 1. The fourth-order valence-corrected chi connectivity index (χ4v) is 3.73. The van der Waals surface area contributed by atoms with Crippen molar-refractivity contribution in [2.75, 3.05) is 30.0 Å². The smallest absolute Gasteiger partial charge is 0.338 e. The minimum absolute atomic E-state index is 0.0335. The fourth-order valence-electron chi connectivity index (χ4n) is 3.73. The molecule has 2 aromatic rings. The summed E-state index contributed by atoms with van der Waals surface area (Å²) in [7, 11) is 0. The highest BCUT2D eigenvalue weighted by Gasteiger charge is 2.36. The van der Waals surface area contributed by atoms with Gasteiger partial charge in [0.05, 0.1) is 18.1 Å². The minimum atomic E-state index is -0.705. The summed E-state index contributed by atoms with van der Waals surface area (Å²) in [4.78, 5) is 62.0. The summed E-state index contributed by atoms with van der Waals surface area (Å²) in [5.41, 5.74) is 1.94. The van der Waals surface area contributed by atoms with Crippen molar-refractivity contribution < 1.29 is 33.4 Å². The van der Waals surface area contributed by atoms with Gasteiger partial charge < -0.3 is 19.7 Å². The topological polar surface area (TPSA) is 119 Å². The van der Waals surface area contributed by atoms with Gasteiger partial charge in [-0.1, -0.05) is 19.8 Å². The largest absolute Gasteiger partial charge is 0.462 e. The van der Waals surface area contributed by atoms with Crippen LogP contribution in [0.3, 0.4) is 0 Å². The molecule has 1 heterocycles. The molecule has 0 saturated carbocycles. The molecule has 0 radical (unpaired) electrons. The van der Waals surface area contributed by atoms with E-state index in [1.165, 1.54) is 11.8 Å². The number of rotatable bonds is 11. The van der Waals surface area contributed by atoms with Crippen LogP contribution >= 0.6 is 0 Å². The Hall–Kier alpha value is -4.01. The van der Waals surface area contributed by atoms with Gasteiger partial charge in [0.2, 0.25) is 5.91 Å². The number of nitrogens with zero attached hydrogens (tertiary/aromatic N) is 1. The Kier molecular flexibility index (Phi) is 9.32. The Labute approximate surface area is 209 Å². The molecule has 1 atom stereocenters. The van der Waals surface area contributed by atoms with E-state index in [1.54, 1.807) is 48.5 Å². The second-order valence-corrected chi connectivity index (χ2v) is 8.58. The number of esters is 2. The SMILES string of the molecule is CCCCCOC(=O)c1ccc(N2C[C@@H](C(=O)OCC(=O)Nc3ccc(C(C)=O)cc3)CC2=O)cc1. The Morgan fingerprint density at radius 1 is 0.944 bits per heavy atom. The molecule has 3 rings (SSSR count). The van der Waals surface area contributed by atoms with Gasteiger partial charge in [0.15, 0.2) is 12.4 Å². The zero-order valence-electron chi connectivity index (χ0n) is 20.5. The molecule has 0 aliphatic carbocycles. The highest BCUT2D eigenvalue weighted by atomic mass is 16.5. The molecule has 1 N–H and O–H groups in total. The van der Waals surface area contributed by atoms with Crippen molar-refractivity contribution in [3.05, 3.63) is 59.7 Å². The number of hydrogen-bond acceptors (Lipinski definition) is 7. The lowest BCUT2D eigenvalue weighted by atomic mass is 10.1. The quantitative estimate of drug-likeness (QED) is 0.287. The molecule has 0 aromatic heterocycles. The number of benzene rings is 2. The number of carbonyl (C=O) groups excluding carboxylic acids is 5. The second-order valence-electron chi connectivity index (χ2n) is 8.58. The first-order valence-corrected chi connectivity index (χ1v) is 11.9. The zero-order valence-corrected chi connectivity index (χ0v) is 20.5. The lowest BCUT2D eigenvalue weighted by Crippen LogP contribution is -2.28. The van der Waals surface area contributed by atoms with E-state index in [1.807, 2.05) is 0 Å². The summed E-state index contributed by atoms with van der Waals surface area (Å²) in [5, 5.41) is 2.59. The summed E-state index contributed by atoms with van der Waals surface area (Å²) in [6.07, 6.45) is 2.81. The van der Waals surface area contributed by atoms with Gasteiger partial charge in [-0.25, -0.2) is 4.79 Å². The molecule has 1 fully saturated rings. The van der Waals surface area contributed by atoms with Crippen molar-refractivity contribution in [3.8, 4) is 0 Å². The van der Waals surface area contributed by atoms with Gasteiger partial charge >= 0.3 is 11.9 Å². The number of carbonyl (C=O) groups is 5. The van der Waals surface area contributed by atoms with Crippen LogP contribution in [0.25, 0.3) is 0 Å². The third-order valence-electron chi connectivity index (χ3n) is 5.77. The van der Waals surface area contributed by atoms with E-state index in [2.05, 4.69) is 12.2 Å². The molecule has 190 valence electrons. The maximum absolute atomic E-state index is 12.5. The van der Waals surface area contributed by atoms with E-state index < -0.39 is 30.4 Å². The zero-order chi connectivity index (χ0) is 26.1. The molecule has 9 heteroatoms.